The van der Waals surface area contributed by atoms with Crippen molar-refractivity contribution in [2.45, 2.75) is 152 Å². The van der Waals surface area contributed by atoms with Gasteiger partial charge in [0.25, 0.3) is 0 Å². The first-order valence-corrected chi connectivity index (χ1v) is 20.4. The fourth-order valence-corrected chi connectivity index (χ4v) is 13.0. The molecule has 4 saturated carbocycles. The number of carbonyl (C=O) groups excluding carboxylic acids is 3. The molecule has 0 bridgehead atoms. The van der Waals surface area contributed by atoms with E-state index in [-0.39, 0.29) is 63.4 Å². The molecule has 0 heterocycles. The quantitative estimate of drug-likeness (QED) is 0.158. The Kier molecular flexibility index (Phi) is 10.2. The minimum Gasteiger partial charge on any atom is -0.462 e. The number of hydrogen-bond donors (Lipinski definition) is 1. The van der Waals surface area contributed by atoms with Crippen LogP contribution in [-0.2, 0) is 25.7 Å². The highest BCUT2D eigenvalue weighted by atomic mass is 16.5. The number of hydrogen-bond acceptors (Lipinski definition) is 4. The summed E-state index contributed by atoms with van der Waals surface area (Å²) in [5.41, 5.74) is 2.49. The van der Waals surface area contributed by atoms with Gasteiger partial charge in [0, 0.05) is 25.4 Å². The molecule has 0 aromatic heterocycles. The smallest absolute Gasteiger partial charge is 0.302 e. The molecule has 1 N–H and O–H groups in total. The monoisotopic (exact) mass is 701 g/mol. The van der Waals surface area contributed by atoms with E-state index in [0.29, 0.717) is 24.9 Å². The lowest BCUT2D eigenvalue weighted by Crippen LogP contribution is -2.65. The number of allylic oxidation sites excluding steroid dienone is 2. The van der Waals surface area contributed by atoms with Gasteiger partial charge in [0.05, 0.1) is 12.0 Å². The molecule has 1 aromatic carbocycles. The molecule has 282 valence electrons. The number of amides is 2. The van der Waals surface area contributed by atoms with E-state index in [0.717, 1.165) is 82.6 Å². The first kappa shape index (κ1) is 38.1. The molecule has 5 aliphatic carbocycles. The molecule has 4 fully saturated rings. The number of unbranched alkanes of at least 4 members (excludes halogenated alkanes) is 1. The molecule has 0 spiro atoms. The van der Waals surface area contributed by atoms with Gasteiger partial charge in [-0.25, -0.2) is 0 Å². The van der Waals surface area contributed by atoms with Crippen LogP contribution in [0.2, 0.25) is 0 Å². The number of benzene rings is 1. The van der Waals surface area contributed by atoms with Crippen LogP contribution in [0.4, 0.5) is 0 Å². The number of rotatable bonds is 9. The average molecular weight is 701 g/mol. The summed E-state index contributed by atoms with van der Waals surface area (Å²) in [4.78, 5) is 42.8. The molecule has 51 heavy (non-hydrogen) atoms. The van der Waals surface area contributed by atoms with E-state index < -0.39 is 5.41 Å². The Bertz CT molecular complexity index is 1510. The summed E-state index contributed by atoms with van der Waals surface area (Å²) in [6.45, 7) is 22.2. The molecule has 6 heteroatoms. The summed E-state index contributed by atoms with van der Waals surface area (Å²) in [6, 6.07) is 10.2. The number of ether oxygens (including phenoxy) is 1. The van der Waals surface area contributed by atoms with Crippen molar-refractivity contribution >= 4 is 17.8 Å². The standard InChI is InChI=1S/C45H68N2O4/c1-10-11-27-46-38(49)30-47(29-32-15-13-12-14-16-32)39(50)45-25-23-40(3,4)28-34(45)33-17-18-36-42(7)21-20-37(51-31(2)48)41(5,6)35(42)19-22-44(36,9)43(33,8)24-26-45/h12-17,34-37H,10-11,18-30H2,1-9H3,(H,46,49)/t34-,35-,36+,37-,42-,43+,44+,45-/m0/s1. The molecule has 0 aliphatic heterocycles. The molecule has 0 saturated heterocycles. The van der Waals surface area contributed by atoms with Crippen LogP contribution in [0.1, 0.15) is 145 Å². The van der Waals surface area contributed by atoms with Gasteiger partial charge in [0.2, 0.25) is 11.8 Å². The van der Waals surface area contributed by atoms with Gasteiger partial charge in [0.1, 0.15) is 6.10 Å². The number of fused-ring (bicyclic) bond motifs is 7. The predicted octanol–water partition coefficient (Wildman–Crippen LogP) is 9.66. The van der Waals surface area contributed by atoms with Gasteiger partial charge in [0.15, 0.2) is 0 Å². The van der Waals surface area contributed by atoms with Crippen molar-refractivity contribution in [3.05, 3.63) is 47.5 Å². The summed E-state index contributed by atoms with van der Waals surface area (Å²) in [5.74, 6) is 1.18. The molecule has 2 amide bonds. The minimum atomic E-state index is -0.492. The van der Waals surface area contributed by atoms with E-state index in [1.165, 1.54) is 0 Å². The van der Waals surface area contributed by atoms with Gasteiger partial charge in [-0.2, -0.15) is 0 Å². The van der Waals surface area contributed by atoms with Crippen molar-refractivity contribution in [3.63, 3.8) is 0 Å². The molecule has 5 aliphatic rings. The highest BCUT2D eigenvalue weighted by Crippen LogP contribution is 2.76. The van der Waals surface area contributed by atoms with Crippen LogP contribution in [0.25, 0.3) is 0 Å². The van der Waals surface area contributed by atoms with Crippen molar-refractivity contribution in [3.8, 4) is 0 Å². The van der Waals surface area contributed by atoms with Crippen molar-refractivity contribution in [1.82, 2.24) is 10.2 Å². The highest BCUT2D eigenvalue weighted by Gasteiger charge is 2.69. The van der Waals surface area contributed by atoms with Gasteiger partial charge >= 0.3 is 5.97 Å². The Morgan fingerprint density at radius 2 is 1.59 bits per heavy atom. The molecular formula is C45H68N2O4. The van der Waals surface area contributed by atoms with Crippen LogP contribution in [-0.4, -0.2) is 41.9 Å². The van der Waals surface area contributed by atoms with Gasteiger partial charge in [-0.05, 0) is 116 Å². The largest absolute Gasteiger partial charge is 0.462 e. The maximum atomic E-state index is 15.4. The average Bonchev–Trinajstić information content (AvgIpc) is 3.06. The summed E-state index contributed by atoms with van der Waals surface area (Å²) < 4.78 is 5.97. The molecule has 6 rings (SSSR count). The lowest BCUT2D eigenvalue weighted by Gasteiger charge is -2.71. The second kappa shape index (κ2) is 13.7. The summed E-state index contributed by atoms with van der Waals surface area (Å²) in [6.07, 6.45) is 14.8. The third-order valence-corrected chi connectivity index (χ3v) is 16.0. The topological polar surface area (TPSA) is 75.7 Å². The van der Waals surface area contributed by atoms with E-state index in [9.17, 15) is 9.59 Å². The van der Waals surface area contributed by atoms with E-state index in [1.807, 2.05) is 23.1 Å². The Labute approximate surface area is 309 Å². The molecule has 0 radical (unpaired) electrons. The van der Waals surface area contributed by atoms with Crippen LogP contribution < -0.4 is 5.32 Å². The number of esters is 1. The first-order chi connectivity index (χ1) is 23.9. The highest BCUT2D eigenvalue weighted by molar-refractivity contribution is 5.89. The van der Waals surface area contributed by atoms with Crippen molar-refractivity contribution in [2.75, 3.05) is 13.1 Å². The zero-order valence-corrected chi connectivity index (χ0v) is 33.5. The molecule has 8 atom stereocenters. The summed E-state index contributed by atoms with van der Waals surface area (Å²) >= 11 is 0. The van der Waals surface area contributed by atoms with Gasteiger partial charge < -0.3 is 15.0 Å². The first-order valence-electron chi connectivity index (χ1n) is 20.4. The fraction of sp³-hybridized carbons (Fsp3) is 0.756. The van der Waals surface area contributed by atoms with Crippen LogP contribution >= 0.6 is 0 Å². The Hall–Kier alpha value is -2.63. The van der Waals surface area contributed by atoms with Crippen molar-refractivity contribution < 1.29 is 19.1 Å². The van der Waals surface area contributed by atoms with E-state index >= 15 is 4.79 Å². The SMILES string of the molecule is CCCCNC(=O)CN(Cc1ccccc1)C(=O)[C@]12CCC(C)(C)C[C@H]1C1=CC[C@@H]3[C@@]4(C)CC[C@H](OC(C)=O)C(C)(C)[C@@H]4CC[C@@]3(C)[C@]1(C)CC2. The van der Waals surface area contributed by atoms with Crippen LogP contribution in [0, 0.1) is 50.2 Å². The Morgan fingerprint density at radius 1 is 0.882 bits per heavy atom. The second-order valence-corrected chi connectivity index (χ2v) is 19.7. The zero-order chi connectivity index (χ0) is 37.0. The Balaban J connectivity index is 1.36. The van der Waals surface area contributed by atoms with Gasteiger partial charge in [-0.1, -0.05) is 104 Å². The molecule has 0 unspecified atom stereocenters. The van der Waals surface area contributed by atoms with E-state index in [2.05, 4.69) is 78.9 Å². The van der Waals surface area contributed by atoms with E-state index in [4.69, 9.17) is 4.74 Å². The molecule has 6 nitrogen and oxygen atoms in total. The van der Waals surface area contributed by atoms with Crippen LogP contribution in [0.3, 0.4) is 0 Å². The number of nitrogens with zero attached hydrogens (tertiary/aromatic N) is 1. The lowest BCUT2D eigenvalue weighted by molar-refractivity contribution is -0.212. The van der Waals surface area contributed by atoms with E-state index in [1.54, 1.807) is 12.5 Å². The van der Waals surface area contributed by atoms with Crippen LogP contribution in [0.15, 0.2) is 42.0 Å². The fourth-order valence-electron chi connectivity index (χ4n) is 13.0. The maximum Gasteiger partial charge on any atom is 0.302 e. The lowest BCUT2D eigenvalue weighted by atomic mass is 9.33. The second-order valence-electron chi connectivity index (χ2n) is 19.7. The van der Waals surface area contributed by atoms with Crippen molar-refractivity contribution in [1.29, 1.82) is 0 Å². The minimum absolute atomic E-state index is 0.00439. The molecule has 1 aromatic rings. The predicted molar refractivity (Wildman–Crippen MR) is 204 cm³/mol. The third kappa shape index (κ3) is 6.41. The normalized spacial score (nSPS) is 37.7. The number of nitrogens with one attached hydrogen (secondary N) is 1. The van der Waals surface area contributed by atoms with Crippen LogP contribution in [0.5, 0.6) is 0 Å². The number of carbonyl (C=O) groups is 3. The van der Waals surface area contributed by atoms with Crippen molar-refractivity contribution in [2.24, 2.45) is 50.2 Å². The van der Waals surface area contributed by atoms with Gasteiger partial charge in [-0.3, -0.25) is 14.4 Å². The zero-order valence-electron chi connectivity index (χ0n) is 33.5. The summed E-state index contributed by atoms with van der Waals surface area (Å²) in [5, 5.41) is 3.10. The maximum absolute atomic E-state index is 15.4. The summed E-state index contributed by atoms with van der Waals surface area (Å²) in [7, 11) is 0. The third-order valence-electron chi connectivity index (χ3n) is 16.0. The van der Waals surface area contributed by atoms with Gasteiger partial charge in [-0.15, -0.1) is 0 Å². The Morgan fingerprint density at radius 3 is 2.27 bits per heavy atom. The molecular weight excluding hydrogens is 633 g/mol.